The lowest BCUT2D eigenvalue weighted by Gasteiger charge is -2.36. The van der Waals surface area contributed by atoms with E-state index in [2.05, 4.69) is 36.1 Å². The molecule has 1 fully saturated rings. The van der Waals surface area contributed by atoms with Crippen molar-refractivity contribution in [2.45, 2.75) is 63.6 Å². The maximum Gasteiger partial charge on any atom is 0.260 e. The molecule has 1 aliphatic rings. The minimum Gasteiger partial charge on any atom is -0.332 e. The van der Waals surface area contributed by atoms with Crippen molar-refractivity contribution in [3.8, 4) is 0 Å². The molecule has 7 heteroatoms. The number of nitrogens with one attached hydrogen (secondary N) is 2. The third-order valence-electron chi connectivity index (χ3n) is 3.71. The summed E-state index contributed by atoms with van der Waals surface area (Å²) in [5.74, 6) is 0.620. The Hall–Kier alpha value is -0.920. The monoisotopic (exact) mass is 314 g/mol. The van der Waals surface area contributed by atoms with Gasteiger partial charge in [-0.2, -0.15) is 4.31 Å². The van der Waals surface area contributed by atoms with Crippen LogP contribution in [-0.4, -0.2) is 47.4 Å². The highest BCUT2D eigenvalue weighted by atomic mass is 32.2. The van der Waals surface area contributed by atoms with Crippen LogP contribution in [0.5, 0.6) is 0 Å². The molecular formula is C14H26N4O2S. The van der Waals surface area contributed by atoms with E-state index in [0.717, 1.165) is 19.3 Å². The molecule has 1 aliphatic heterocycles. The lowest BCUT2D eigenvalue weighted by molar-refractivity contribution is 0.230. The molecule has 0 saturated carbocycles. The summed E-state index contributed by atoms with van der Waals surface area (Å²) >= 11 is 0. The van der Waals surface area contributed by atoms with Crippen LogP contribution in [0.15, 0.2) is 11.2 Å². The maximum absolute atomic E-state index is 12.8. The molecule has 0 bridgehead atoms. The van der Waals surface area contributed by atoms with E-state index in [1.54, 1.807) is 11.2 Å². The highest BCUT2D eigenvalue weighted by Gasteiger charge is 2.34. The zero-order valence-corrected chi connectivity index (χ0v) is 14.1. The Labute approximate surface area is 127 Å². The topological polar surface area (TPSA) is 78.1 Å². The van der Waals surface area contributed by atoms with E-state index >= 15 is 0 Å². The second-order valence-corrected chi connectivity index (χ2v) is 8.59. The number of hydrogen-bond donors (Lipinski definition) is 2. The molecule has 2 N–H and O–H groups in total. The number of aryl methyl sites for hydroxylation is 1. The second kappa shape index (κ2) is 6.06. The lowest BCUT2D eigenvalue weighted by atomic mass is 10.0. The van der Waals surface area contributed by atoms with Crippen LogP contribution < -0.4 is 5.32 Å². The number of piperidine rings is 1. The summed E-state index contributed by atoms with van der Waals surface area (Å²) in [5, 5.41) is 3.62. The van der Waals surface area contributed by atoms with Crippen molar-refractivity contribution < 1.29 is 8.42 Å². The van der Waals surface area contributed by atoms with Crippen LogP contribution in [0, 0.1) is 6.92 Å². The molecule has 1 atom stereocenters. The average molecular weight is 314 g/mol. The number of nitrogens with zero attached hydrogens (tertiary/aromatic N) is 2. The summed E-state index contributed by atoms with van der Waals surface area (Å²) in [7, 11) is -3.48. The predicted octanol–water partition coefficient (Wildman–Crippen LogP) is 1.65. The first-order valence-electron chi connectivity index (χ1n) is 7.48. The van der Waals surface area contributed by atoms with Gasteiger partial charge >= 0.3 is 0 Å². The molecule has 0 spiro atoms. The number of imidazole rings is 1. The molecule has 0 radical (unpaired) electrons. The number of rotatable bonds is 4. The van der Waals surface area contributed by atoms with E-state index in [0.29, 0.717) is 18.9 Å². The standard InChI is InChI=1S/C14H26N4O2S/c1-11-15-10-13(17-11)21(19,20)18-8-6-5-7-12(18)9-16-14(2,3)4/h10,12,16H,5-9H2,1-4H3,(H,15,17). The average Bonchev–Trinajstić information content (AvgIpc) is 2.83. The number of H-pyrrole nitrogens is 1. The molecule has 6 nitrogen and oxygen atoms in total. The van der Waals surface area contributed by atoms with Gasteiger partial charge in [-0.1, -0.05) is 6.42 Å². The van der Waals surface area contributed by atoms with Gasteiger partial charge in [0, 0.05) is 24.7 Å². The SMILES string of the molecule is Cc1ncc(S(=O)(=O)N2CCCCC2CNC(C)(C)C)[nH]1. The van der Waals surface area contributed by atoms with Crippen LogP contribution in [0.2, 0.25) is 0 Å². The highest BCUT2D eigenvalue weighted by molar-refractivity contribution is 7.89. The molecule has 1 unspecified atom stereocenters. The van der Waals surface area contributed by atoms with Gasteiger partial charge in [0.1, 0.15) is 5.82 Å². The molecule has 2 rings (SSSR count). The van der Waals surface area contributed by atoms with Crippen LogP contribution in [0.4, 0.5) is 0 Å². The minimum atomic E-state index is -3.48. The third kappa shape index (κ3) is 4.05. The van der Waals surface area contributed by atoms with Crippen molar-refractivity contribution >= 4 is 10.0 Å². The van der Waals surface area contributed by atoms with Gasteiger partial charge in [0.15, 0.2) is 5.03 Å². The Morgan fingerprint density at radius 3 is 2.71 bits per heavy atom. The van der Waals surface area contributed by atoms with Crippen molar-refractivity contribution in [1.29, 1.82) is 0 Å². The Balaban J connectivity index is 2.18. The largest absolute Gasteiger partial charge is 0.332 e. The highest BCUT2D eigenvalue weighted by Crippen LogP contribution is 2.24. The number of sulfonamides is 1. The van der Waals surface area contributed by atoms with Crippen molar-refractivity contribution in [2.75, 3.05) is 13.1 Å². The molecule has 0 aliphatic carbocycles. The summed E-state index contributed by atoms with van der Waals surface area (Å²) in [6, 6.07) is 0.00609. The maximum atomic E-state index is 12.8. The Morgan fingerprint density at radius 1 is 1.43 bits per heavy atom. The fourth-order valence-electron chi connectivity index (χ4n) is 2.57. The predicted molar refractivity (Wildman–Crippen MR) is 82.6 cm³/mol. The smallest absolute Gasteiger partial charge is 0.260 e. The normalized spacial score (nSPS) is 21.6. The van der Waals surface area contributed by atoms with E-state index in [1.165, 1.54) is 6.20 Å². The van der Waals surface area contributed by atoms with E-state index in [1.807, 2.05) is 0 Å². The van der Waals surface area contributed by atoms with Gasteiger partial charge in [0.25, 0.3) is 10.0 Å². The van der Waals surface area contributed by atoms with Gasteiger partial charge in [-0.15, -0.1) is 0 Å². The molecule has 21 heavy (non-hydrogen) atoms. The van der Waals surface area contributed by atoms with E-state index in [4.69, 9.17) is 0 Å². The molecule has 120 valence electrons. The molecule has 0 amide bonds. The van der Waals surface area contributed by atoms with Gasteiger partial charge in [0.05, 0.1) is 6.20 Å². The van der Waals surface area contributed by atoms with Gasteiger partial charge in [-0.3, -0.25) is 0 Å². The first kappa shape index (κ1) is 16.5. The Bertz CT molecular complexity index is 574. The molecule has 1 aromatic heterocycles. The fraction of sp³-hybridized carbons (Fsp3) is 0.786. The molecule has 0 aromatic carbocycles. The van der Waals surface area contributed by atoms with E-state index in [9.17, 15) is 8.42 Å². The van der Waals surface area contributed by atoms with Crippen molar-refractivity contribution in [3.05, 3.63) is 12.0 Å². The summed E-state index contributed by atoms with van der Waals surface area (Å²) < 4.78 is 27.2. The summed E-state index contributed by atoms with van der Waals surface area (Å²) in [6.07, 6.45) is 4.30. The van der Waals surface area contributed by atoms with Crippen molar-refractivity contribution in [2.24, 2.45) is 0 Å². The van der Waals surface area contributed by atoms with Gasteiger partial charge in [-0.05, 0) is 40.5 Å². The van der Waals surface area contributed by atoms with Crippen molar-refractivity contribution in [3.63, 3.8) is 0 Å². The van der Waals surface area contributed by atoms with Gasteiger partial charge in [-0.25, -0.2) is 13.4 Å². The van der Waals surface area contributed by atoms with Crippen LogP contribution in [0.1, 0.15) is 45.9 Å². The molecule has 1 saturated heterocycles. The first-order chi connectivity index (χ1) is 9.70. The van der Waals surface area contributed by atoms with Crippen LogP contribution in [0.3, 0.4) is 0 Å². The van der Waals surface area contributed by atoms with E-state index in [-0.39, 0.29) is 16.6 Å². The van der Waals surface area contributed by atoms with Gasteiger partial charge in [0.2, 0.25) is 0 Å². The molecular weight excluding hydrogens is 288 g/mol. The van der Waals surface area contributed by atoms with Crippen LogP contribution in [-0.2, 0) is 10.0 Å². The second-order valence-electron chi connectivity index (χ2n) is 6.73. The summed E-state index contributed by atoms with van der Waals surface area (Å²) in [6.45, 7) is 9.29. The number of aromatic nitrogens is 2. The van der Waals surface area contributed by atoms with Crippen molar-refractivity contribution in [1.82, 2.24) is 19.6 Å². The van der Waals surface area contributed by atoms with Crippen LogP contribution >= 0.6 is 0 Å². The lowest BCUT2D eigenvalue weighted by Crippen LogP contribution is -2.51. The first-order valence-corrected chi connectivity index (χ1v) is 8.93. The molecule has 2 heterocycles. The molecule has 1 aromatic rings. The van der Waals surface area contributed by atoms with E-state index < -0.39 is 10.0 Å². The summed E-state index contributed by atoms with van der Waals surface area (Å²) in [4.78, 5) is 6.86. The quantitative estimate of drug-likeness (QED) is 0.886. The third-order valence-corrected chi connectivity index (χ3v) is 5.57. The zero-order valence-electron chi connectivity index (χ0n) is 13.3. The fourth-order valence-corrected chi connectivity index (χ4v) is 4.23. The summed E-state index contributed by atoms with van der Waals surface area (Å²) in [5.41, 5.74) is -0.0164. The minimum absolute atomic E-state index is 0.00609. The number of aromatic amines is 1. The van der Waals surface area contributed by atoms with Crippen LogP contribution in [0.25, 0.3) is 0 Å². The Morgan fingerprint density at radius 2 is 2.14 bits per heavy atom. The van der Waals surface area contributed by atoms with Gasteiger partial charge < -0.3 is 10.3 Å². The Kier molecular flexibility index (Phi) is 4.75. The zero-order chi connectivity index (χ0) is 15.7. The number of hydrogen-bond acceptors (Lipinski definition) is 4.